The maximum absolute atomic E-state index is 11.7. The van der Waals surface area contributed by atoms with Crippen molar-refractivity contribution < 1.29 is 9.59 Å². The van der Waals surface area contributed by atoms with Gasteiger partial charge in [-0.15, -0.1) is 0 Å². The van der Waals surface area contributed by atoms with E-state index < -0.39 is 6.04 Å². The van der Waals surface area contributed by atoms with Crippen molar-refractivity contribution in [2.45, 2.75) is 38.0 Å². The lowest BCUT2D eigenvalue weighted by Crippen LogP contribution is -2.39. The maximum atomic E-state index is 11.7. The first-order valence-electron chi connectivity index (χ1n) is 6.25. The van der Waals surface area contributed by atoms with E-state index in [4.69, 9.17) is 0 Å². The van der Waals surface area contributed by atoms with Gasteiger partial charge in [-0.3, -0.25) is 19.5 Å². The van der Waals surface area contributed by atoms with Gasteiger partial charge in [-0.2, -0.15) is 0 Å². The number of likely N-dealkylation sites (tertiary alicyclic amines) is 1. The number of carbonyl (C=O) groups excluding carboxylic acids is 2. The molecule has 0 bridgehead atoms. The van der Waals surface area contributed by atoms with Gasteiger partial charge in [-0.05, 0) is 12.3 Å². The molecule has 2 amide bonds. The van der Waals surface area contributed by atoms with Crippen LogP contribution in [-0.4, -0.2) is 46.8 Å². The number of nitrogens with zero attached hydrogens (tertiary/aromatic N) is 2. The first-order chi connectivity index (χ1) is 8.47. The first kappa shape index (κ1) is 13.4. The lowest BCUT2D eigenvalue weighted by Gasteiger charge is -2.13. The summed E-state index contributed by atoms with van der Waals surface area (Å²) in [7, 11) is 1.53. The van der Waals surface area contributed by atoms with Crippen LogP contribution in [0.2, 0.25) is 0 Å². The molecule has 2 heterocycles. The van der Waals surface area contributed by atoms with Crippen molar-refractivity contribution in [3.8, 4) is 0 Å². The molecule has 2 unspecified atom stereocenters. The smallest absolute Gasteiger partial charge is 0.251 e. The third-order valence-corrected chi connectivity index (χ3v) is 4.28. The molecule has 1 fully saturated rings. The van der Waals surface area contributed by atoms with Crippen LogP contribution >= 0.6 is 11.8 Å². The Balaban J connectivity index is 1.85. The fourth-order valence-electron chi connectivity index (χ4n) is 2.16. The molecule has 6 heteroatoms. The van der Waals surface area contributed by atoms with Crippen molar-refractivity contribution >= 4 is 28.7 Å². The molecule has 0 aromatic heterocycles. The summed E-state index contributed by atoms with van der Waals surface area (Å²) in [5.74, 6) is 0.369. The number of amidine groups is 1. The molecule has 2 aliphatic rings. The summed E-state index contributed by atoms with van der Waals surface area (Å²) >= 11 is 1.69. The monoisotopic (exact) mass is 269 g/mol. The molecule has 0 aromatic carbocycles. The van der Waals surface area contributed by atoms with Crippen LogP contribution in [0.5, 0.6) is 0 Å². The van der Waals surface area contributed by atoms with Gasteiger partial charge in [-0.25, -0.2) is 0 Å². The highest BCUT2D eigenvalue weighted by Gasteiger charge is 2.37. The van der Waals surface area contributed by atoms with Gasteiger partial charge < -0.3 is 5.32 Å². The molecule has 1 saturated heterocycles. The molecule has 0 radical (unpaired) electrons. The van der Waals surface area contributed by atoms with Gasteiger partial charge in [0.05, 0.1) is 13.0 Å². The summed E-state index contributed by atoms with van der Waals surface area (Å²) in [5, 5.41) is 4.40. The highest BCUT2D eigenvalue weighted by molar-refractivity contribution is 8.14. The standard InChI is InChI=1S/C12H19N3O2S/c1-7(2)4-8-6-13-12(18-8)14-9-5-10(16)15(3)11(9)17/h7-9H,4-6H2,1-3H3,(H,13,14). The summed E-state index contributed by atoms with van der Waals surface area (Å²) in [4.78, 5) is 28.7. The van der Waals surface area contributed by atoms with Crippen LogP contribution in [-0.2, 0) is 9.59 Å². The van der Waals surface area contributed by atoms with Crippen molar-refractivity contribution in [2.24, 2.45) is 10.9 Å². The number of hydrogen-bond acceptors (Lipinski definition) is 5. The van der Waals surface area contributed by atoms with Crippen LogP contribution in [0.4, 0.5) is 0 Å². The van der Waals surface area contributed by atoms with E-state index in [0.29, 0.717) is 11.2 Å². The van der Waals surface area contributed by atoms with E-state index in [0.717, 1.165) is 18.1 Å². The average molecular weight is 269 g/mol. The Kier molecular flexibility index (Phi) is 3.94. The molecule has 100 valence electrons. The van der Waals surface area contributed by atoms with E-state index in [1.807, 2.05) is 0 Å². The number of aliphatic imine (C=N–C) groups is 1. The van der Waals surface area contributed by atoms with Gasteiger partial charge in [0.1, 0.15) is 6.04 Å². The Labute approximate surface area is 111 Å². The van der Waals surface area contributed by atoms with Gasteiger partial charge in [-0.1, -0.05) is 25.6 Å². The number of thioether (sulfide) groups is 1. The number of imide groups is 1. The lowest BCUT2D eigenvalue weighted by atomic mass is 10.1. The number of amides is 2. The topological polar surface area (TPSA) is 61.8 Å². The van der Waals surface area contributed by atoms with Gasteiger partial charge >= 0.3 is 0 Å². The van der Waals surface area contributed by atoms with Crippen LogP contribution in [0.25, 0.3) is 0 Å². The van der Waals surface area contributed by atoms with Crippen molar-refractivity contribution in [1.82, 2.24) is 10.2 Å². The van der Waals surface area contributed by atoms with E-state index in [1.54, 1.807) is 11.8 Å². The van der Waals surface area contributed by atoms with E-state index in [1.165, 1.54) is 11.9 Å². The predicted octanol–water partition coefficient (Wildman–Crippen LogP) is 0.851. The quantitative estimate of drug-likeness (QED) is 0.772. The second-order valence-electron chi connectivity index (χ2n) is 5.21. The van der Waals surface area contributed by atoms with Gasteiger partial charge in [0.2, 0.25) is 5.91 Å². The largest absolute Gasteiger partial charge is 0.353 e. The highest BCUT2D eigenvalue weighted by Crippen LogP contribution is 2.26. The van der Waals surface area contributed by atoms with Crippen molar-refractivity contribution in [3.05, 3.63) is 0 Å². The summed E-state index contributed by atoms with van der Waals surface area (Å²) in [6.07, 6.45) is 1.36. The number of carbonyl (C=O) groups is 2. The molecular formula is C12H19N3O2S. The Bertz CT molecular complexity index is 395. The minimum Gasteiger partial charge on any atom is -0.353 e. The second kappa shape index (κ2) is 5.30. The van der Waals surface area contributed by atoms with Crippen LogP contribution in [0, 0.1) is 5.92 Å². The fourth-order valence-corrected chi connectivity index (χ4v) is 3.47. The van der Waals surface area contributed by atoms with E-state index in [2.05, 4.69) is 24.2 Å². The van der Waals surface area contributed by atoms with Crippen LogP contribution in [0.1, 0.15) is 26.7 Å². The normalized spacial score (nSPS) is 28.2. The molecule has 2 atom stereocenters. The zero-order valence-corrected chi connectivity index (χ0v) is 11.8. The fraction of sp³-hybridized carbons (Fsp3) is 0.750. The SMILES string of the molecule is CC(C)CC1CN=C(NC2CC(=O)N(C)C2=O)S1. The molecule has 0 aliphatic carbocycles. The zero-order valence-electron chi connectivity index (χ0n) is 11.0. The highest BCUT2D eigenvalue weighted by atomic mass is 32.2. The zero-order chi connectivity index (χ0) is 13.3. The van der Waals surface area contributed by atoms with E-state index in [9.17, 15) is 9.59 Å². The summed E-state index contributed by atoms with van der Waals surface area (Å²) in [5.41, 5.74) is 0. The number of nitrogens with one attached hydrogen (secondary N) is 1. The molecule has 0 aromatic rings. The lowest BCUT2D eigenvalue weighted by molar-refractivity contribution is -0.137. The van der Waals surface area contributed by atoms with Gasteiger partial charge in [0.25, 0.3) is 5.91 Å². The Morgan fingerprint density at radius 3 is 2.78 bits per heavy atom. The minimum absolute atomic E-state index is 0.125. The number of likely N-dealkylation sites (N-methyl/N-ethyl adjacent to an activating group) is 1. The van der Waals surface area contributed by atoms with Crippen molar-refractivity contribution in [3.63, 3.8) is 0 Å². The predicted molar refractivity (Wildman–Crippen MR) is 72.5 cm³/mol. The third kappa shape index (κ3) is 2.85. The summed E-state index contributed by atoms with van der Waals surface area (Å²) in [6.45, 7) is 5.19. The molecule has 5 nitrogen and oxygen atoms in total. The number of hydrogen-bond donors (Lipinski definition) is 1. The van der Waals surface area contributed by atoms with Gasteiger partial charge in [0, 0.05) is 12.3 Å². The first-order valence-corrected chi connectivity index (χ1v) is 7.13. The van der Waals surface area contributed by atoms with Crippen molar-refractivity contribution in [2.75, 3.05) is 13.6 Å². The molecule has 2 aliphatic heterocycles. The minimum atomic E-state index is -0.424. The number of rotatable bonds is 3. The van der Waals surface area contributed by atoms with Crippen LogP contribution < -0.4 is 5.32 Å². The molecular weight excluding hydrogens is 250 g/mol. The second-order valence-corrected chi connectivity index (χ2v) is 6.50. The third-order valence-electron chi connectivity index (χ3n) is 3.13. The average Bonchev–Trinajstić information content (AvgIpc) is 2.80. The summed E-state index contributed by atoms with van der Waals surface area (Å²) in [6, 6.07) is -0.424. The molecule has 0 spiro atoms. The Hall–Kier alpha value is -1.04. The molecule has 1 N–H and O–H groups in total. The summed E-state index contributed by atoms with van der Waals surface area (Å²) < 4.78 is 0. The van der Waals surface area contributed by atoms with Gasteiger partial charge in [0.15, 0.2) is 5.17 Å². The Morgan fingerprint density at radius 1 is 1.50 bits per heavy atom. The Morgan fingerprint density at radius 2 is 2.22 bits per heavy atom. The van der Waals surface area contributed by atoms with Crippen molar-refractivity contribution in [1.29, 1.82) is 0 Å². The van der Waals surface area contributed by atoms with Crippen LogP contribution in [0.15, 0.2) is 4.99 Å². The van der Waals surface area contributed by atoms with Crippen LogP contribution in [0.3, 0.4) is 0 Å². The molecule has 2 rings (SSSR count). The molecule has 18 heavy (non-hydrogen) atoms. The molecule has 0 saturated carbocycles. The maximum Gasteiger partial charge on any atom is 0.251 e. The van der Waals surface area contributed by atoms with E-state index in [-0.39, 0.29) is 18.2 Å². The van der Waals surface area contributed by atoms with E-state index >= 15 is 0 Å².